The van der Waals surface area contributed by atoms with Gasteiger partial charge in [-0.2, -0.15) is 13.2 Å². The number of benzene rings is 3. The van der Waals surface area contributed by atoms with Crippen LogP contribution < -0.4 is 9.62 Å². The van der Waals surface area contributed by atoms with Gasteiger partial charge in [0.2, 0.25) is 21.8 Å². The molecule has 0 radical (unpaired) electrons. The lowest BCUT2D eigenvalue weighted by molar-refractivity contribution is -0.139. The molecular formula is C27H27ClF3N3O4S. The zero-order valence-electron chi connectivity index (χ0n) is 21.2. The summed E-state index contributed by atoms with van der Waals surface area (Å²) in [4.78, 5) is 28.0. The zero-order chi connectivity index (χ0) is 28.8. The van der Waals surface area contributed by atoms with E-state index in [1.807, 2.05) is 0 Å². The molecule has 3 aromatic carbocycles. The number of carbonyl (C=O) groups excluding carboxylic acids is 2. The van der Waals surface area contributed by atoms with Crippen molar-refractivity contribution in [3.8, 4) is 0 Å². The number of sulfonamides is 1. The molecule has 0 bridgehead atoms. The standard InChI is InChI=1S/C27H27ClF3N3O4S/c1-32-26(36)24(15-19-7-4-3-5-8-19)33(17-20-11-13-22(28)14-12-20)25(35)18-34(39(2,37)38)23-10-6-9-21(16-23)27(29,30)31/h3-14,16,24H,15,17-18H2,1-2H3,(H,32,36)/t24-/m1/s1. The van der Waals surface area contributed by atoms with Gasteiger partial charge in [-0.3, -0.25) is 13.9 Å². The van der Waals surface area contributed by atoms with E-state index in [4.69, 9.17) is 11.6 Å². The summed E-state index contributed by atoms with van der Waals surface area (Å²) in [7, 11) is -2.78. The number of nitrogens with one attached hydrogen (secondary N) is 1. The van der Waals surface area contributed by atoms with Crippen molar-refractivity contribution in [2.75, 3.05) is 24.2 Å². The van der Waals surface area contributed by atoms with Crippen LogP contribution in [-0.2, 0) is 38.8 Å². The van der Waals surface area contributed by atoms with Crippen molar-refractivity contribution < 1.29 is 31.2 Å². The summed E-state index contributed by atoms with van der Waals surface area (Å²) >= 11 is 5.99. The number of rotatable bonds is 10. The third kappa shape index (κ3) is 8.21. The maximum atomic E-state index is 13.8. The summed E-state index contributed by atoms with van der Waals surface area (Å²) in [5, 5.41) is 3.00. The molecule has 0 saturated carbocycles. The van der Waals surface area contributed by atoms with E-state index in [2.05, 4.69) is 5.32 Å². The fourth-order valence-electron chi connectivity index (χ4n) is 3.96. The molecule has 0 saturated heterocycles. The van der Waals surface area contributed by atoms with Crippen molar-refractivity contribution in [3.63, 3.8) is 0 Å². The summed E-state index contributed by atoms with van der Waals surface area (Å²) in [6.45, 7) is -0.906. The molecule has 1 N–H and O–H groups in total. The number of alkyl halides is 3. The van der Waals surface area contributed by atoms with Crippen LogP contribution in [-0.4, -0.2) is 51.0 Å². The molecule has 0 unspecified atom stereocenters. The van der Waals surface area contributed by atoms with Crippen LogP contribution in [0.4, 0.5) is 18.9 Å². The van der Waals surface area contributed by atoms with Crippen LogP contribution in [0.5, 0.6) is 0 Å². The Labute approximate surface area is 230 Å². The first kappa shape index (κ1) is 30.0. The van der Waals surface area contributed by atoms with Gasteiger partial charge in [-0.05, 0) is 41.5 Å². The van der Waals surface area contributed by atoms with Gasteiger partial charge in [0.15, 0.2) is 0 Å². The molecule has 7 nitrogen and oxygen atoms in total. The number of hydrogen-bond acceptors (Lipinski definition) is 4. The van der Waals surface area contributed by atoms with Gasteiger partial charge in [0.1, 0.15) is 12.6 Å². The van der Waals surface area contributed by atoms with E-state index in [0.717, 1.165) is 24.0 Å². The maximum Gasteiger partial charge on any atom is 0.416 e. The minimum absolute atomic E-state index is 0.0822. The molecule has 12 heteroatoms. The molecule has 208 valence electrons. The number of likely N-dealkylation sites (N-methyl/N-ethyl adjacent to an activating group) is 1. The molecular weight excluding hydrogens is 555 g/mol. The molecule has 1 atom stereocenters. The molecule has 39 heavy (non-hydrogen) atoms. The third-order valence-corrected chi connectivity index (χ3v) is 7.32. The Morgan fingerprint density at radius 3 is 2.15 bits per heavy atom. The number of carbonyl (C=O) groups is 2. The molecule has 2 amide bonds. The minimum atomic E-state index is -4.72. The van der Waals surface area contributed by atoms with E-state index in [9.17, 15) is 31.2 Å². The summed E-state index contributed by atoms with van der Waals surface area (Å²) < 4.78 is 66.0. The van der Waals surface area contributed by atoms with Crippen LogP contribution in [0.2, 0.25) is 5.02 Å². The zero-order valence-corrected chi connectivity index (χ0v) is 22.7. The van der Waals surface area contributed by atoms with Gasteiger partial charge >= 0.3 is 6.18 Å². The molecule has 0 fully saturated rings. The van der Waals surface area contributed by atoms with Crippen molar-refractivity contribution in [1.29, 1.82) is 0 Å². The predicted molar refractivity (Wildman–Crippen MR) is 144 cm³/mol. The van der Waals surface area contributed by atoms with E-state index >= 15 is 0 Å². The van der Waals surface area contributed by atoms with Crippen molar-refractivity contribution in [3.05, 3.63) is 101 Å². The Kier molecular flexibility index (Phi) is 9.63. The highest BCUT2D eigenvalue weighted by atomic mass is 35.5. The van der Waals surface area contributed by atoms with Gasteiger partial charge in [-0.15, -0.1) is 0 Å². The Morgan fingerprint density at radius 2 is 1.59 bits per heavy atom. The van der Waals surface area contributed by atoms with Crippen LogP contribution in [0.1, 0.15) is 16.7 Å². The first-order valence-corrected chi connectivity index (χ1v) is 14.0. The fraction of sp³-hybridized carbons (Fsp3) is 0.259. The molecule has 0 aliphatic rings. The number of amides is 2. The second kappa shape index (κ2) is 12.5. The molecule has 0 aliphatic heterocycles. The van der Waals surface area contributed by atoms with E-state index in [0.29, 0.717) is 21.0 Å². The average Bonchev–Trinajstić information content (AvgIpc) is 2.89. The van der Waals surface area contributed by atoms with Crippen molar-refractivity contribution in [1.82, 2.24) is 10.2 Å². The molecule has 0 aromatic heterocycles. The Bertz CT molecular complexity index is 1400. The summed E-state index contributed by atoms with van der Waals surface area (Å²) in [5.74, 6) is -1.27. The summed E-state index contributed by atoms with van der Waals surface area (Å²) in [6, 6.07) is 18.1. The molecule has 0 spiro atoms. The Morgan fingerprint density at radius 1 is 0.949 bits per heavy atom. The van der Waals surface area contributed by atoms with Crippen molar-refractivity contribution in [2.45, 2.75) is 25.2 Å². The Balaban J connectivity index is 2.04. The van der Waals surface area contributed by atoms with Gasteiger partial charge in [0.05, 0.1) is 17.5 Å². The van der Waals surface area contributed by atoms with Crippen LogP contribution >= 0.6 is 11.6 Å². The van der Waals surface area contributed by atoms with Gasteiger partial charge in [0.25, 0.3) is 0 Å². The quantitative estimate of drug-likeness (QED) is 0.382. The van der Waals surface area contributed by atoms with Gasteiger partial charge in [0, 0.05) is 25.0 Å². The van der Waals surface area contributed by atoms with Gasteiger partial charge < -0.3 is 10.2 Å². The number of anilines is 1. The summed E-state index contributed by atoms with van der Waals surface area (Å²) in [6.07, 6.45) is -3.81. The van der Waals surface area contributed by atoms with Crippen LogP contribution in [0, 0.1) is 0 Å². The molecule has 3 rings (SSSR count). The lowest BCUT2D eigenvalue weighted by Crippen LogP contribution is -2.52. The van der Waals surface area contributed by atoms with E-state index < -0.39 is 46.2 Å². The highest BCUT2D eigenvalue weighted by molar-refractivity contribution is 7.92. The van der Waals surface area contributed by atoms with E-state index in [-0.39, 0.29) is 18.7 Å². The number of halogens is 4. The first-order valence-electron chi connectivity index (χ1n) is 11.7. The smallest absolute Gasteiger partial charge is 0.357 e. The van der Waals surface area contributed by atoms with Crippen molar-refractivity contribution >= 4 is 39.1 Å². The van der Waals surface area contributed by atoms with Crippen LogP contribution in [0.25, 0.3) is 0 Å². The van der Waals surface area contributed by atoms with Crippen LogP contribution in [0.3, 0.4) is 0 Å². The Hall–Kier alpha value is -3.57. The second-order valence-electron chi connectivity index (χ2n) is 8.79. The highest BCUT2D eigenvalue weighted by Crippen LogP contribution is 2.32. The SMILES string of the molecule is CNC(=O)[C@@H](Cc1ccccc1)N(Cc1ccc(Cl)cc1)C(=O)CN(c1cccc(C(F)(F)F)c1)S(C)(=O)=O. The topological polar surface area (TPSA) is 86.8 Å². The van der Waals surface area contributed by atoms with Gasteiger partial charge in [-0.1, -0.05) is 60.1 Å². The lowest BCUT2D eigenvalue weighted by atomic mass is 10.0. The monoisotopic (exact) mass is 581 g/mol. The lowest BCUT2D eigenvalue weighted by Gasteiger charge is -2.33. The molecule has 3 aromatic rings. The fourth-order valence-corrected chi connectivity index (χ4v) is 4.93. The second-order valence-corrected chi connectivity index (χ2v) is 11.1. The van der Waals surface area contributed by atoms with Gasteiger partial charge in [-0.25, -0.2) is 8.42 Å². The highest BCUT2D eigenvalue weighted by Gasteiger charge is 2.34. The maximum absolute atomic E-state index is 13.8. The largest absolute Gasteiger partial charge is 0.416 e. The molecule has 0 aliphatic carbocycles. The van der Waals surface area contributed by atoms with Crippen molar-refractivity contribution in [2.24, 2.45) is 0 Å². The van der Waals surface area contributed by atoms with Crippen LogP contribution in [0.15, 0.2) is 78.9 Å². The summed E-state index contributed by atoms with van der Waals surface area (Å²) in [5.41, 5.74) is -0.0318. The predicted octanol–water partition coefficient (Wildman–Crippen LogP) is 4.51. The normalized spacial score (nSPS) is 12.5. The number of hydrogen-bond donors (Lipinski definition) is 1. The average molecular weight is 582 g/mol. The van der Waals surface area contributed by atoms with E-state index in [1.165, 1.54) is 18.0 Å². The molecule has 0 heterocycles. The minimum Gasteiger partial charge on any atom is -0.357 e. The third-order valence-electron chi connectivity index (χ3n) is 5.92. The number of nitrogens with zero attached hydrogens (tertiary/aromatic N) is 2. The first-order chi connectivity index (χ1) is 18.3. The van der Waals surface area contributed by atoms with E-state index in [1.54, 1.807) is 54.6 Å².